The summed E-state index contributed by atoms with van der Waals surface area (Å²) in [6.45, 7) is 0. The summed E-state index contributed by atoms with van der Waals surface area (Å²) in [4.78, 5) is 0. The molecule has 15 rings (SSSR count). The first-order chi connectivity index (χ1) is 32.2. The molecular weight excluding hydrogens is 829 g/mol. The van der Waals surface area contributed by atoms with Crippen LogP contribution in [0.15, 0.2) is 211 Å². The number of fused-ring (bicyclic) bond motifs is 17. The lowest BCUT2D eigenvalue weighted by atomic mass is 10.0. The molecule has 5 heterocycles. The van der Waals surface area contributed by atoms with Crippen LogP contribution in [0.2, 0.25) is 0 Å². The molecule has 5 aromatic heterocycles. The molecule has 0 atom stereocenters. The number of rotatable bonds is 4. The molecule has 0 aliphatic heterocycles. The lowest BCUT2D eigenvalue weighted by Crippen LogP contribution is -1.94. The van der Waals surface area contributed by atoms with Gasteiger partial charge >= 0.3 is 0 Å². The highest BCUT2D eigenvalue weighted by Crippen LogP contribution is 2.47. The standard InChI is InChI=1S/C60H34N2OS2/c1-5-25-49-47(19-1)55-51(61(49)37-15-9-13-35(33-37)39-21-11-23-45-41-17-3-7-27-53(41)64-59(39)45)31-29-43-44-30-32-52-56(58(44)63-57(43)55)48-20-2-6-26-50(48)62(52)38-16-10-14-36(34-38)40-22-12-24-46-42-18-4-8-28-54(42)65-60(40)46/h1-34H. The molecule has 0 bridgehead atoms. The maximum atomic E-state index is 7.31. The first-order valence-electron chi connectivity index (χ1n) is 22.1. The molecule has 0 radical (unpaired) electrons. The number of benzene rings is 10. The molecule has 0 unspecified atom stereocenters. The minimum Gasteiger partial charge on any atom is -0.455 e. The molecule has 302 valence electrons. The molecule has 0 spiro atoms. The summed E-state index contributed by atoms with van der Waals surface area (Å²) in [5, 5.41) is 12.1. The molecular formula is C60H34N2OS2. The molecule has 5 heteroatoms. The Hall–Kier alpha value is -7.96. The molecule has 0 amide bonds. The number of nitrogens with zero attached hydrogens (tertiary/aromatic N) is 2. The molecule has 0 saturated carbocycles. The van der Waals surface area contributed by atoms with Crippen LogP contribution in [0.5, 0.6) is 0 Å². The van der Waals surface area contributed by atoms with E-state index in [9.17, 15) is 0 Å². The van der Waals surface area contributed by atoms with Crippen molar-refractivity contribution >= 4 is 129 Å². The molecule has 10 aromatic carbocycles. The number of hydrogen-bond donors (Lipinski definition) is 0. The summed E-state index contributed by atoms with van der Waals surface area (Å²) in [5.41, 5.74) is 13.6. The Morgan fingerprint density at radius 1 is 0.308 bits per heavy atom. The Morgan fingerprint density at radius 3 is 1.22 bits per heavy atom. The van der Waals surface area contributed by atoms with Gasteiger partial charge in [0, 0.05) is 73.3 Å². The zero-order chi connectivity index (χ0) is 42.3. The lowest BCUT2D eigenvalue weighted by Gasteiger charge is -2.11. The van der Waals surface area contributed by atoms with E-state index in [1.54, 1.807) is 0 Å². The Bertz CT molecular complexity index is 4210. The van der Waals surface area contributed by atoms with Gasteiger partial charge in [-0.3, -0.25) is 0 Å². The topological polar surface area (TPSA) is 23.0 Å². The third kappa shape index (κ3) is 4.94. The van der Waals surface area contributed by atoms with E-state index in [0.717, 1.165) is 66.2 Å². The van der Waals surface area contributed by atoms with Crippen LogP contribution in [0.3, 0.4) is 0 Å². The fraction of sp³-hybridized carbons (Fsp3) is 0. The average Bonchev–Trinajstić information content (AvgIpc) is 4.18. The maximum absolute atomic E-state index is 7.31. The number of hydrogen-bond acceptors (Lipinski definition) is 3. The second-order valence-electron chi connectivity index (χ2n) is 17.1. The Kier molecular flexibility index (Phi) is 7.26. The second-order valence-corrected chi connectivity index (χ2v) is 19.2. The molecule has 15 aromatic rings. The highest BCUT2D eigenvalue weighted by molar-refractivity contribution is 7.26. The van der Waals surface area contributed by atoms with Gasteiger partial charge < -0.3 is 13.6 Å². The van der Waals surface area contributed by atoms with Gasteiger partial charge in [0.2, 0.25) is 0 Å². The van der Waals surface area contributed by atoms with Crippen molar-refractivity contribution in [3.8, 4) is 33.6 Å². The number of aromatic nitrogens is 2. The van der Waals surface area contributed by atoms with Crippen molar-refractivity contribution in [2.24, 2.45) is 0 Å². The average molecular weight is 863 g/mol. The van der Waals surface area contributed by atoms with Gasteiger partial charge in [-0.05, 0) is 95.1 Å². The van der Waals surface area contributed by atoms with Gasteiger partial charge in [-0.15, -0.1) is 22.7 Å². The van der Waals surface area contributed by atoms with Crippen LogP contribution >= 0.6 is 22.7 Å². The maximum Gasteiger partial charge on any atom is 0.145 e. The predicted molar refractivity (Wildman–Crippen MR) is 279 cm³/mol. The third-order valence-electron chi connectivity index (χ3n) is 13.7. The third-order valence-corrected chi connectivity index (χ3v) is 16.2. The lowest BCUT2D eigenvalue weighted by molar-refractivity contribution is 0.677. The monoisotopic (exact) mass is 862 g/mol. The van der Waals surface area contributed by atoms with Crippen LogP contribution in [0.25, 0.3) is 140 Å². The summed E-state index contributed by atoms with van der Waals surface area (Å²) >= 11 is 3.75. The van der Waals surface area contributed by atoms with E-state index in [1.807, 2.05) is 22.7 Å². The van der Waals surface area contributed by atoms with Crippen molar-refractivity contribution in [1.82, 2.24) is 9.13 Å². The summed E-state index contributed by atoms with van der Waals surface area (Å²) in [6, 6.07) is 75.7. The Morgan fingerprint density at radius 2 is 0.723 bits per heavy atom. The summed E-state index contributed by atoms with van der Waals surface area (Å²) in [5.74, 6) is 0. The van der Waals surface area contributed by atoms with Gasteiger partial charge in [-0.1, -0.05) is 133 Å². The number of thiophene rings is 2. The van der Waals surface area contributed by atoms with Crippen molar-refractivity contribution in [1.29, 1.82) is 0 Å². The fourth-order valence-corrected chi connectivity index (χ4v) is 13.4. The molecule has 65 heavy (non-hydrogen) atoms. The highest BCUT2D eigenvalue weighted by Gasteiger charge is 2.23. The Labute approximate surface area is 379 Å². The summed E-state index contributed by atoms with van der Waals surface area (Å²) < 4.78 is 17.4. The van der Waals surface area contributed by atoms with Crippen LogP contribution in [-0.4, -0.2) is 9.13 Å². The minimum absolute atomic E-state index is 0.918. The predicted octanol–water partition coefficient (Wildman–Crippen LogP) is 17.8. The quantitative estimate of drug-likeness (QED) is 0.173. The summed E-state index contributed by atoms with van der Waals surface area (Å²) in [7, 11) is 0. The van der Waals surface area contributed by atoms with Gasteiger partial charge in [-0.2, -0.15) is 0 Å². The van der Waals surface area contributed by atoms with Crippen LogP contribution in [0, 0.1) is 0 Å². The highest BCUT2D eigenvalue weighted by atomic mass is 32.1. The van der Waals surface area contributed by atoms with Crippen molar-refractivity contribution in [2.75, 3.05) is 0 Å². The van der Waals surface area contributed by atoms with Gasteiger partial charge in [-0.25, -0.2) is 0 Å². The smallest absolute Gasteiger partial charge is 0.145 e. The molecule has 0 N–H and O–H groups in total. The first kappa shape index (κ1) is 35.5. The van der Waals surface area contributed by atoms with Crippen molar-refractivity contribution < 1.29 is 4.42 Å². The molecule has 0 aliphatic rings. The van der Waals surface area contributed by atoms with Crippen molar-refractivity contribution in [3.63, 3.8) is 0 Å². The van der Waals surface area contributed by atoms with E-state index in [2.05, 4.69) is 215 Å². The van der Waals surface area contributed by atoms with Crippen LogP contribution in [0.4, 0.5) is 0 Å². The number of furan rings is 1. The Balaban J connectivity index is 0.931. The van der Waals surface area contributed by atoms with Crippen molar-refractivity contribution in [3.05, 3.63) is 206 Å². The van der Waals surface area contributed by atoms with E-state index >= 15 is 0 Å². The largest absolute Gasteiger partial charge is 0.455 e. The van der Waals surface area contributed by atoms with E-state index < -0.39 is 0 Å². The van der Waals surface area contributed by atoms with Crippen LogP contribution in [0.1, 0.15) is 0 Å². The SMILES string of the molecule is c1cc(-c2cccc3c2sc2ccccc23)cc(-n2c3ccccc3c3c4oc5c(ccc6c5c5ccccc5n6-c5cccc(-c6cccc7c6sc6ccccc67)c5)c4ccc32)c1. The van der Waals surface area contributed by atoms with Crippen LogP contribution < -0.4 is 0 Å². The van der Waals surface area contributed by atoms with Gasteiger partial charge in [0.15, 0.2) is 0 Å². The number of para-hydroxylation sites is 2. The molecule has 0 fully saturated rings. The van der Waals surface area contributed by atoms with Gasteiger partial charge in [0.25, 0.3) is 0 Å². The second kappa shape index (κ2) is 13.3. The zero-order valence-electron chi connectivity index (χ0n) is 34.7. The molecule has 0 saturated heterocycles. The van der Waals surface area contributed by atoms with Gasteiger partial charge in [0.1, 0.15) is 11.2 Å². The molecule has 3 nitrogen and oxygen atoms in total. The van der Waals surface area contributed by atoms with Crippen LogP contribution in [-0.2, 0) is 0 Å². The zero-order valence-corrected chi connectivity index (χ0v) is 36.4. The summed E-state index contributed by atoms with van der Waals surface area (Å²) in [6.07, 6.45) is 0. The van der Waals surface area contributed by atoms with Gasteiger partial charge in [0.05, 0.1) is 32.8 Å². The van der Waals surface area contributed by atoms with E-state index in [4.69, 9.17) is 4.42 Å². The fourth-order valence-electron chi connectivity index (χ4n) is 10.9. The van der Waals surface area contributed by atoms with E-state index in [1.165, 1.54) is 73.4 Å². The molecule has 0 aliphatic carbocycles. The van der Waals surface area contributed by atoms with E-state index in [0.29, 0.717) is 0 Å². The normalized spacial score (nSPS) is 12.3. The van der Waals surface area contributed by atoms with E-state index in [-0.39, 0.29) is 0 Å². The van der Waals surface area contributed by atoms with Crippen molar-refractivity contribution in [2.45, 2.75) is 0 Å². The first-order valence-corrected chi connectivity index (χ1v) is 23.7. The minimum atomic E-state index is 0.918.